The van der Waals surface area contributed by atoms with Gasteiger partial charge in [-0.25, -0.2) is 4.98 Å². The first-order valence-electron chi connectivity index (χ1n) is 7.40. The van der Waals surface area contributed by atoms with Gasteiger partial charge in [0.2, 0.25) is 5.95 Å². The molecule has 2 unspecified atom stereocenters. The van der Waals surface area contributed by atoms with Crippen LogP contribution in [0.2, 0.25) is 0 Å². The second-order valence-corrected chi connectivity index (χ2v) is 6.54. The lowest BCUT2D eigenvalue weighted by molar-refractivity contribution is -0.0508. The number of nitrogens with two attached hydrogens (primary N) is 1. The molecule has 0 spiro atoms. The zero-order valence-corrected chi connectivity index (χ0v) is 13.3. The van der Waals surface area contributed by atoms with Crippen LogP contribution in [0.3, 0.4) is 0 Å². The van der Waals surface area contributed by atoms with Gasteiger partial charge in [0.25, 0.3) is 0 Å². The molecule has 24 heavy (non-hydrogen) atoms. The molecule has 0 amide bonds. The van der Waals surface area contributed by atoms with E-state index >= 15 is 0 Å². The number of thiophene rings is 1. The second kappa shape index (κ2) is 5.80. The van der Waals surface area contributed by atoms with Crippen molar-refractivity contribution in [1.29, 1.82) is 0 Å². The fourth-order valence-corrected chi connectivity index (χ4v) is 3.69. The van der Waals surface area contributed by atoms with Crippen molar-refractivity contribution in [2.45, 2.75) is 24.5 Å². The molecule has 4 heterocycles. The van der Waals surface area contributed by atoms with Gasteiger partial charge in [-0.05, 0) is 17.5 Å². The van der Waals surface area contributed by atoms with E-state index in [0.29, 0.717) is 11.3 Å². The number of nitrogen functional groups attached to an aromatic ring is 1. The normalized spacial score (nSPS) is 27.1. The van der Waals surface area contributed by atoms with E-state index in [0.717, 1.165) is 10.3 Å². The number of aliphatic hydroxyl groups is 3. The highest BCUT2D eigenvalue weighted by molar-refractivity contribution is 7.13. The van der Waals surface area contributed by atoms with Crippen molar-refractivity contribution < 1.29 is 20.1 Å². The highest BCUT2D eigenvalue weighted by Gasteiger charge is 2.43. The largest absolute Gasteiger partial charge is 0.394 e. The average molecular weight is 348 g/mol. The van der Waals surface area contributed by atoms with Gasteiger partial charge in [0, 0.05) is 11.6 Å². The van der Waals surface area contributed by atoms with Crippen LogP contribution in [0.1, 0.15) is 6.23 Å². The monoisotopic (exact) mass is 348 g/mol. The Morgan fingerprint density at radius 1 is 1.25 bits per heavy atom. The van der Waals surface area contributed by atoms with E-state index in [2.05, 4.69) is 9.97 Å². The van der Waals surface area contributed by atoms with Gasteiger partial charge in [-0.2, -0.15) is 4.98 Å². The summed E-state index contributed by atoms with van der Waals surface area (Å²) in [5, 5.41) is 32.1. The Hall–Kier alpha value is -2.04. The Morgan fingerprint density at radius 3 is 2.75 bits per heavy atom. The predicted octanol–water partition coefficient (Wildman–Crippen LogP) is 0.353. The van der Waals surface area contributed by atoms with Gasteiger partial charge in [-0.15, -0.1) is 11.3 Å². The molecular formula is C15H16N4O4S. The van der Waals surface area contributed by atoms with Crippen molar-refractivity contribution in [3.8, 4) is 10.6 Å². The van der Waals surface area contributed by atoms with Gasteiger partial charge in [-0.3, -0.25) is 0 Å². The summed E-state index contributed by atoms with van der Waals surface area (Å²) in [7, 11) is 0. The minimum absolute atomic E-state index is 0.109. The van der Waals surface area contributed by atoms with Gasteiger partial charge < -0.3 is 30.4 Å². The van der Waals surface area contributed by atoms with Crippen LogP contribution in [0.5, 0.6) is 0 Å². The van der Waals surface area contributed by atoms with Crippen LogP contribution in [-0.4, -0.2) is 54.8 Å². The number of anilines is 1. The Bertz CT molecular complexity index is 866. The first-order valence-corrected chi connectivity index (χ1v) is 8.28. The molecule has 0 radical (unpaired) electrons. The summed E-state index contributed by atoms with van der Waals surface area (Å²) in [6.07, 6.45) is -2.36. The summed E-state index contributed by atoms with van der Waals surface area (Å²) in [6.45, 7) is -0.383. The standard InChI is InChI=1S/C15H16N4O4S/c16-15-17-10(9-2-1-5-24-9)7-3-4-19(13(7)18-15)14-12(22)11(21)8(6-20)23-14/h1-5,8,11-12,14,20-22H,6H2,(H2,16,17,18)/t8-,11?,12?,14-/m1/s1. The Kier molecular flexibility index (Phi) is 3.74. The van der Waals surface area contributed by atoms with Crippen LogP contribution in [0, 0.1) is 0 Å². The number of hydrogen-bond donors (Lipinski definition) is 4. The van der Waals surface area contributed by atoms with Crippen LogP contribution < -0.4 is 5.73 Å². The Balaban J connectivity index is 1.84. The van der Waals surface area contributed by atoms with Crippen LogP contribution in [-0.2, 0) is 4.74 Å². The first kappa shape index (κ1) is 15.5. The van der Waals surface area contributed by atoms with Gasteiger partial charge in [0.1, 0.15) is 24.0 Å². The number of aromatic nitrogens is 3. The maximum Gasteiger partial charge on any atom is 0.222 e. The minimum Gasteiger partial charge on any atom is -0.394 e. The van der Waals surface area contributed by atoms with Gasteiger partial charge >= 0.3 is 0 Å². The molecule has 1 aliphatic rings. The number of hydrogen-bond acceptors (Lipinski definition) is 8. The van der Waals surface area contributed by atoms with Crippen molar-refractivity contribution in [2.75, 3.05) is 12.3 Å². The number of ether oxygens (including phenoxy) is 1. The van der Waals surface area contributed by atoms with E-state index < -0.39 is 24.5 Å². The van der Waals surface area contributed by atoms with Gasteiger partial charge in [-0.1, -0.05) is 6.07 Å². The minimum atomic E-state index is -1.18. The third kappa shape index (κ3) is 2.29. The lowest BCUT2D eigenvalue weighted by Crippen LogP contribution is -2.33. The third-order valence-corrected chi connectivity index (χ3v) is 5.01. The van der Waals surface area contributed by atoms with E-state index in [1.807, 2.05) is 23.6 Å². The maximum atomic E-state index is 10.2. The SMILES string of the molecule is Nc1nc(-c2cccs2)c2ccn([C@@H]3O[C@H](CO)C(O)C3O)c2n1. The summed E-state index contributed by atoms with van der Waals surface area (Å²) in [4.78, 5) is 9.53. The molecular weight excluding hydrogens is 332 g/mol. The molecule has 1 saturated heterocycles. The van der Waals surface area contributed by atoms with Gasteiger partial charge in [0.05, 0.1) is 17.2 Å². The quantitative estimate of drug-likeness (QED) is 0.538. The number of fused-ring (bicyclic) bond motifs is 1. The van der Waals surface area contributed by atoms with E-state index in [1.54, 1.807) is 10.8 Å². The van der Waals surface area contributed by atoms with Crippen LogP contribution >= 0.6 is 11.3 Å². The topological polar surface area (TPSA) is 127 Å². The zero-order chi connectivity index (χ0) is 16.8. The van der Waals surface area contributed by atoms with Crippen molar-refractivity contribution in [3.63, 3.8) is 0 Å². The van der Waals surface area contributed by atoms with E-state index in [4.69, 9.17) is 10.5 Å². The highest BCUT2D eigenvalue weighted by atomic mass is 32.1. The molecule has 5 N–H and O–H groups in total. The molecule has 3 aromatic heterocycles. The Labute approximate surface area is 140 Å². The molecule has 8 nitrogen and oxygen atoms in total. The lowest BCUT2D eigenvalue weighted by Gasteiger charge is -2.17. The summed E-state index contributed by atoms with van der Waals surface area (Å²) < 4.78 is 7.18. The predicted molar refractivity (Wildman–Crippen MR) is 88.3 cm³/mol. The van der Waals surface area contributed by atoms with Crippen LogP contribution in [0.4, 0.5) is 5.95 Å². The molecule has 3 aromatic rings. The molecule has 0 aliphatic carbocycles. The van der Waals surface area contributed by atoms with Crippen molar-refractivity contribution >= 4 is 28.3 Å². The number of aliphatic hydroxyl groups excluding tert-OH is 3. The van der Waals surface area contributed by atoms with Gasteiger partial charge in [0.15, 0.2) is 6.23 Å². The number of nitrogens with zero attached hydrogens (tertiary/aromatic N) is 3. The summed E-state index contributed by atoms with van der Waals surface area (Å²) in [5.74, 6) is 0.109. The molecule has 9 heteroatoms. The van der Waals surface area contributed by atoms with E-state index in [-0.39, 0.29) is 12.6 Å². The van der Waals surface area contributed by atoms with Crippen LogP contribution in [0.25, 0.3) is 21.6 Å². The average Bonchev–Trinajstić information content (AvgIpc) is 3.28. The van der Waals surface area contributed by atoms with Crippen molar-refractivity contribution in [3.05, 3.63) is 29.8 Å². The molecule has 126 valence electrons. The second-order valence-electron chi connectivity index (χ2n) is 5.60. The summed E-state index contributed by atoms with van der Waals surface area (Å²) in [5.41, 5.74) is 7.06. The Morgan fingerprint density at radius 2 is 2.08 bits per heavy atom. The summed E-state index contributed by atoms with van der Waals surface area (Å²) >= 11 is 1.54. The number of rotatable bonds is 3. The fourth-order valence-electron chi connectivity index (χ4n) is 2.97. The lowest BCUT2D eigenvalue weighted by atomic mass is 10.1. The molecule has 1 aliphatic heterocycles. The highest BCUT2D eigenvalue weighted by Crippen LogP contribution is 2.35. The molecule has 4 rings (SSSR count). The molecule has 4 atom stereocenters. The smallest absolute Gasteiger partial charge is 0.222 e. The van der Waals surface area contributed by atoms with Crippen molar-refractivity contribution in [2.24, 2.45) is 0 Å². The molecule has 0 saturated carbocycles. The van der Waals surface area contributed by atoms with Crippen LogP contribution in [0.15, 0.2) is 29.8 Å². The fraction of sp³-hybridized carbons (Fsp3) is 0.333. The summed E-state index contributed by atoms with van der Waals surface area (Å²) in [6, 6.07) is 5.68. The van der Waals surface area contributed by atoms with Crippen molar-refractivity contribution in [1.82, 2.24) is 14.5 Å². The first-order chi connectivity index (χ1) is 11.6. The van der Waals surface area contributed by atoms with E-state index in [1.165, 1.54) is 11.3 Å². The molecule has 0 bridgehead atoms. The third-order valence-electron chi connectivity index (χ3n) is 4.14. The molecule has 0 aromatic carbocycles. The molecule has 1 fully saturated rings. The maximum absolute atomic E-state index is 10.2. The van der Waals surface area contributed by atoms with E-state index in [9.17, 15) is 15.3 Å². The zero-order valence-electron chi connectivity index (χ0n) is 12.5.